The molecule has 0 aliphatic carbocycles. The van der Waals surface area contributed by atoms with E-state index in [9.17, 15) is 8.42 Å². The summed E-state index contributed by atoms with van der Waals surface area (Å²) in [7, 11) is -1.96. The van der Waals surface area contributed by atoms with E-state index in [0.29, 0.717) is 31.5 Å². The fourth-order valence-electron chi connectivity index (χ4n) is 2.60. The van der Waals surface area contributed by atoms with E-state index in [2.05, 4.69) is 13.8 Å². The first-order valence-electron chi connectivity index (χ1n) is 6.76. The highest BCUT2D eigenvalue weighted by molar-refractivity contribution is 7.86. The summed E-state index contributed by atoms with van der Waals surface area (Å²) >= 11 is 0. The number of aliphatic hydroxyl groups is 1. The number of ether oxygens (including phenoxy) is 1. The van der Waals surface area contributed by atoms with Crippen LogP contribution in [-0.4, -0.2) is 68.6 Å². The summed E-state index contributed by atoms with van der Waals surface area (Å²) < 4.78 is 32.9. The summed E-state index contributed by atoms with van der Waals surface area (Å²) in [4.78, 5) is 0. The summed E-state index contributed by atoms with van der Waals surface area (Å²) in [5.74, 6) is 0.744. The van der Waals surface area contributed by atoms with Crippen LogP contribution in [0, 0.1) is 11.8 Å². The van der Waals surface area contributed by atoms with Gasteiger partial charge in [-0.3, -0.25) is 0 Å². The number of hydrogen-bond acceptors (Lipinski definition) is 4. The van der Waals surface area contributed by atoms with Gasteiger partial charge < -0.3 is 9.84 Å². The molecule has 7 heteroatoms. The fraction of sp³-hybridized carbons (Fsp3) is 1.00. The first kappa shape index (κ1) is 16.8. The van der Waals surface area contributed by atoms with E-state index in [1.807, 2.05) is 0 Å². The van der Waals surface area contributed by atoms with Gasteiger partial charge in [0.1, 0.15) is 0 Å². The highest BCUT2D eigenvalue weighted by atomic mass is 32.2. The molecule has 6 nitrogen and oxygen atoms in total. The summed E-state index contributed by atoms with van der Waals surface area (Å²) in [6.07, 6.45) is 1.06. The maximum Gasteiger partial charge on any atom is 0.282 e. The number of rotatable bonds is 7. The van der Waals surface area contributed by atoms with Crippen molar-refractivity contribution in [2.24, 2.45) is 11.8 Å². The number of methoxy groups -OCH3 is 1. The lowest BCUT2D eigenvalue weighted by Crippen LogP contribution is -2.50. The minimum Gasteiger partial charge on any atom is -0.395 e. The number of aliphatic hydroxyl groups excluding tert-OH is 1. The maximum absolute atomic E-state index is 12.6. The molecule has 1 N–H and O–H groups in total. The normalized spacial score (nSPS) is 25.9. The Morgan fingerprint density at radius 1 is 1.26 bits per heavy atom. The van der Waals surface area contributed by atoms with Crippen LogP contribution in [0.1, 0.15) is 20.3 Å². The first-order valence-corrected chi connectivity index (χ1v) is 8.16. The smallest absolute Gasteiger partial charge is 0.282 e. The van der Waals surface area contributed by atoms with Crippen LogP contribution in [0.25, 0.3) is 0 Å². The van der Waals surface area contributed by atoms with E-state index in [1.165, 1.54) is 15.7 Å². The van der Waals surface area contributed by atoms with Crippen LogP contribution in [0.4, 0.5) is 0 Å². The molecular weight excluding hydrogens is 268 g/mol. The van der Waals surface area contributed by atoms with Crippen LogP contribution in [0.3, 0.4) is 0 Å². The molecule has 0 aromatic carbocycles. The van der Waals surface area contributed by atoms with Crippen LogP contribution in [-0.2, 0) is 14.9 Å². The van der Waals surface area contributed by atoms with Gasteiger partial charge in [0.05, 0.1) is 13.2 Å². The summed E-state index contributed by atoms with van der Waals surface area (Å²) in [6.45, 7) is 5.81. The Morgan fingerprint density at radius 3 is 2.32 bits per heavy atom. The van der Waals surface area contributed by atoms with Crippen molar-refractivity contribution < 1.29 is 18.3 Å². The molecule has 2 atom stereocenters. The van der Waals surface area contributed by atoms with Gasteiger partial charge in [-0.25, -0.2) is 0 Å². The zero-order valence-electron chi connectivity index (χ0n) is 12.1. The van der Waals surface area contributed by atoms with Gasteiger partial charge in [-0.05, 0) is 18.3 Å². The Balaban J connectivity index is 2.79. The molecule has 0 amide bonds. The topological polar surface area (TPSA) is 70.1 Å². The van der Waals surface area contributed by atoms with Crippen molar-refractivity contribution in [1.82, 2.24) is 8.61 Å². The fourth-order valence-corrected chi connectivity index (χ4v) is 4.43. The molecule has 0 aromatic heterocycles. The van der Waals surface area contributed by atoms with E-state index in [1.54, 1.807) is 0 Å². The van der Waals surface area contributed by atoms with Crippen molar-refractivity contribution in [2.75, 3.05) is 46.5 Å². The molecule has 1 aliphatic heterocycles. The minimum absolute atomic E-state index is 0.116. The third-order valence-electron chi connectivity index (χ3n) is 3.38. The predicted octanol–water partition coefficient (Wildman–Crippen LogP) is 0.150. The van der Waals surface area contributed by atoms with Gasteiger partial charge in [-0.1, -0.05) is 13.8 Å². The van der Waals surface area contributed by atoms with Crippen LogP contribution < -0.4 is 0 Å². The monoisotopic (exact) mass is 294 g/mol. The molecule has 1 heterocycles. The van der Waals surface area contributed by atoms with Gasteiger partial charge in [-0.15, -0.1) is 0 Å². The molecule has 2 unspecified atom stereocenters. The van der Waals surface area contributed by atoms with E-state index in [0.717, 1.165) is 6.42 Å². The molecule has 0 radical (unpaired) electrons. The molecule has 1 fully saturated rings. The second kappa shape index (κ2) is 7.54. The van der Waals surface area contributed by atoms with Gasteiger partial charge in [0.2, 0.25) is 0 Å². The van der Waals surface area contributed by atoms with Crippen LogP contribution >= 0.6 is 0 Å². The zero-order chi connectivity index (χ0) is 14.5. The summed E-state index contributed by atoms with van der Waals surface area (Å²) in [5.41, 5.74) is 0. The minimum atomic E-state index is -3.50. The van der Waals surface area contributed by atoms with Gasteiger partial charge >= 0.3 is 0 Å². The zero-order valence-corrected chi connectivity index (χ0v) is 12.9. The SMILES string of the molecule is COCCN(CCO)S(=O)(=O)N1CC(C)CC(C)C1. The molecule has 1 aliphatic rings. The van der Waals surface area contributed by atoms with Gasteiger partial charge in [0, 0.05) is 33.3 Å². The summed E-state index contributed by atoms with van der Waals surface area (Å²) in [6, 6.07) is 0. The lowest BCUT2D eigenvalue weighted by Gasteiger charge is -2.37. The van der Waals surface area contributed by atoms with Crippen molar-refractivity contribution >= 4 is 10.2 Å². The Morgan fingerprint density at radius 2 is 1.84 bits per heavy atom. The van der Waals surface area contributed by atoms with Crippen molar-refractivity contribution in [2.45, 2.75) is 20.3 Å². The summed E-state index contributed by atoms with van der Waals surface area (Å²) in [5, 5.41) is 9.04. The van der Waals surface area contributed by atoms with Gasteiger partial charge in [-0.2, -0.15) is 17.0 Å². The second-order valence-electron chi connectivity index (χ2n) is 5.39. The molecule has 114 valence electrons. The van der Waals surface area contributed by atoms with E-state index < -0.39 is 10.2 Å². The number of hydrogen-bond donors (Lipinski definition) is 1. The molecule has 1 saturated heterocycles. The van der Waals surface area contributed by atoms with Crippen molar-refractivity contribution in [3.63, 3.8) is 0 Å². The standard InChI is InChI=1S/C12H26N2O4S/c1-11-8-12(2)10-14(9-11)19(16,17)13(4-6-15)5-7-18-3/h11-12,15H,4-10H2,1-3H3. The number of piperidine rings is 1. The van der Waals surface area contributed by atoms with Gasteiger partial charge in [0.15, 0.2) is 0 Å². The molecule has 0 spiro atoms. The third-order valence-corrected chi connectivity index (χ3v) is 5.35. The molecule has 1 rings (SSSR count). The molecule has 0 aromatic rings. The predicted molar refractivity (Wildman–Crippen MR) is 74.0 cm³/mol. The Hall–Kier alpha value is -0.210. The molecular formula is C12H26N2O4S. The third kappa shape index (κ3) is 4.68. The number of nitrogens with zero attached hydrogens (tertiary/aromatic N) is 2. The van der Waals surface area contributed by atoms with Crippen LogP contribution in [0.5, 0.6) is 0 Å². The lowest BCUT2D eigenvalue weighted by atomic mass is 9.94. The lowest BCUT2D eigenvalue weighted by molar-refractivity contribution is 0.157. The highest BCUT2D eigenvalue weighted by Gasteiger charge is 2.34. The van der Waals surface area contributed by atoms with E-state index in [4.69, 9.17) is 9.84 Å². The Bertz CT molecular complexity index is 351. The van der Waals surface area contributed by atoms with Crippen LogP contribution in [0.2, 0.25) is 0 Å². The average molecular weight is 294 g/mol. The van der Waals surface area contributed by atoms with E-state index >= 15 is 0 Å². The van der Waals surface area contributed by atoms with E-state index in [-0.39, 0.29) is 19.7 Å². The van der Waals surface area contributed by atoms with Crippen molar-refractivity contribution in [3.8, 4) is 0 Å². The van der Waals surface area contributed by atoms with Crippen molar-refractivity contribution in [1.29, 1.82) is 0 Å². The molecule has 19 heavy (non-hydrogen) atoms. The Labute approximate surface area is 116 Å². The molecule has 0 bridgehead atoms. The van der Waals surface area contributed by atoms with Gasteiger partial charge in [0.25, 0.3) is 10.2 Å². The quantitative estimate of drug-likeness (QED) is 0.725. The highest BCUT2D eigenvalue weighted by Crippen LogP contribution is 2.24. The maximum atomic E-state index is 12.6. The molecule has 0 saturated carbocycles. The van der Waals surface area contributed by atoms with Crippen molar-refractivity contribution in [3.05, 3.63) is 0 Å². The first-order chi connectivity index (χ1) is 8.91. The second-order valence-corrected chi connectivity index (χ2v) is 7.31. The Kier molecular flexibility index (Phi) is 6.68. The largest absolute Gasteiger partial charge is 0.395 e. The average Bonchev–Trinajstić information content (AvgIpc) is 2.33. The van der Waals surface area contributed by atoms with Crippen LogP contribution in [0.15, 0.2) is 0 Å².